The van der Waals surface area contributed by atoms with Crippen LogP contribution in [0.25, 0.3) is 0 Å². The molecule has 14 heavy (non-hydrogen) atoms. The molecule has 0 saturated carbocycles. The SMILES string of the molecule is CCCCCCCC[CH]OC(C)(C)C. The summed E-state index contributed by atoms with van der Waals surface area (Å²) in [5.74, 6) is 0. The lowest BCUT2D eigenvalue weighted by atomic mass is 10.1. The van der Waals surface area contributed by atoms with Crippen molar-refractivity contribution in [2.45, 2.75) is 78.2 Å². The molecule has 0 rings (SSSR count). The first-order valence-corrected chi connectivity index (χ1v) is 6.06. The average Bonchev–Trinajstić information content (AvgIpc) is 2.08. The van der Waals surface area contributed by atoms with Gasteiger partial charge < -0.3 is 4.74 Å². The summed E-state index contributed by atoms with van der Waals surface area (Å²) in [5.41, 5.74) is -0.0117. The van der Waals surface area contributed by atoms with Crippen molar-refractivity contribution in [1.82, 2.24) is 0 Å². The van der Waals surface area contributed by atoms with Gasteiger partial charge in [0.2, 0.25) is 0 Å². The monoisotopic (exact) mass is 199 g/mol. The standard InChI is InChI=1S/C13H27O/c1-5-6-7-8-9-10-11-12-14-13(2,3)4/h12H,5-11H2,1-4H3. The van der Waals surface area contributed by atoms with E-state index in [-0.39, 0.29) is 5.60 Å². The molecule has 0 amide bonds. The molecule has 0 aromatic heterocycles. The molecule has 1 radical (unpaired) electrons. The molecular weight excluding hydrogens is 172 g/mol. The number of hydrogen-bond donors (Lipinski definition) is 0. The lowest BCUT2D eigenvalue weighted by Gasteiger charge is -2.18. The van der Waals surface area contributed by atoms with Gasteiger partial charge in [-0.3, -0.25) is 0 Å². The normalized spacial score (nSPS) is 12.0. The summed E-state index contributed by atoms with van der Waals surface area (Å²) in [6, 6.07) is 0. The van der Waals surface area contributed by atoms with Crippen LogP contribution in [-0.2, 0) is 4.74 Å². The molecule has 0 N–H and O–H groups in total. The van der Waals surface area contributed by atoms with Crippen LogP contribution < -0.4 is 0 Å². The topological polar surface area (TPSA) is 9.23 Å². The van der Waals surface area contributed by atoms with Crippen molar-refractivity contribution in [3.8, 4) is 0 Å². The van der Waals surface area contributed by atoms with Crippen LogP contribution >= 0.6 is 0 Å². The fraction of sp³-hybridized carbons (Fsp3) is 0.923. The molecule has 0 spiro atoms. The highest BCUT2D eigenvalue weighted by atomic mass is 16.5. The lowest BCUT2D eigenvalue weighted by molar-refractivity contribution is 0.0383. The van der Waals surface area contributed by atoms with Gasteiger partial charge in [-0.15, -0.1) is 0 Å². The highest BCUT2D eigenvalue weighted by Crippen LogP contribution is 2.13. The third kappa shape index (κ3) is 12.0. The van der Waals surface area contributed by atoms with E-state index in [1.807, 2.05) is 6.61 Å². The summed E-state index contributed by atoms with van der Waals surface area (Å²) in [5, 5.41) is 0. The quantitative estimate of drug-likeness (QED) is 0.514. The zero-order valence-electron chi connectivity index (χ0n) is 10.4. The summed E-state index contributed by atoms with van der Waals surface area (Å²) < 4.78 is 5.53. The van der Waals surface area contributed by atoms with Crippen LogP contribution in [0.15, 0.2) is 0 Å². The largest absolute Gasteiger partial charge is 0.370 e. The summed E-state index contributed by atoms with van der Waals surface area (Å²) in [6.45, 7) is 10.5. The minimum Gasteiger partial charge on any atom is -0.370 e. The van der Waals surface area contributed by atoms with Gasteiger partial charge in [-0.2, -0.15) is 0 Å². The maximum atomic E-state index is 5.53. The molecule has 1 heteroatoms. The molecule has 85 valence electrons. The van der Waals surface area contributed by atoms with Gasteiger partial charge >= 0.3 is 0 Å². The molecule has 0 aliphatic heterocycles. The predicted molar refractivity (Wildman–Crippen MR) is 63.1 cm³/mol. The minimum absolute atomic E-state index is 0.0117. The highest BCUT2D eigenvalue weighted by molar-refractivity contribution is 4.63. The molecule has 1 nitrogen and oxygen atoms in total. The summed E-state index contributed by atoms with van der Waals surface area (Å²) in [6.07, 6.45) is 9.24. The molecular formula is C13H27O. The zero-order valence-corrected chi connectivity index (χ0v) is 10.4. The van der Waals surface area contributed by atoms with Crippen molar-refractivity contribution in [2.24, 2.45) is 0 Å². The van der Waals surface area contributed by atoms with Crippen molar-refractivity contribution in [2.75, 3.05) is 0 Å². The Kier molecular flexibility index (Phi) is 8.26. The smallest absolute Gasteiger partial charge is 0.0844 e. The fourth-order valence-corrected chi connectivity index (χ4v) is 1.32. The first-order chi connectivity index (χ1) is 6.56. The first-order valence-electron chi connectivity index (χ1n) is 6.06. The molecule has 0 aromatic carbocycles. The van der Waals surface area contributed by atoms with Gasteiger partial charge in [0.05, 0.1) is 12.2 Å². The van der Waals surface area contributed by atoms with Crippen LogP contribution in [0.4, 0.5) is 0 Å². The molecule has 0 unspecified atom stereocenters. The van der Waals surface area contributed by atoms with Gasteiger partial charge in [-0.1, -0.05) is 45.4 Å². The Bertz CT molecular complexity index is 113. The van der Waals surface area contributed by atoms with Gasteiger partial charge in [0.25, 0.3) is 0 Å². The maximum Gasteiger partial charge on any atom is 0.0844 e. The predicted octanol–water partition coefficient (Wildman–Crippen LogP) is 4.71. The van der Waals surface area contributed by atoms with Crippen molar-refractivity contribution in [3.63, 3.8) is 0 Å². The Labute approximate surface area is 90.2 Å². The van der Waals surface area contributed by atoms with E-state index in [4.69, 9.17) is 4.74 Å². The van der Waals surface area contributed by atoms with Crippen LogP contribution in [0.3, 0.4) is 0 Å². The van der Waals surface area contributed by atoms with E-state index in [2.05, 4.69) is 27.7 Å². The van der Waals surface area contributed by atoms with E-state index in [1.54, 1.807) is 0 Å². The van der Waals surface area contributed by atoms with Crippen LogP contribution in [0.2, 0.25) is 0 Å². The van der Waals surface area contributed by atoms with Gasteiger partial charge in [0.1, 0.15) is 0 Å². The molecule has 0 bridgehead atoms. The van der Waals surface area contributed by atoms with E-state index in [0.717, 1.165) is 6.42 Å². The molecule has 0 aliphatic carbocycles. The molecule has 0 fully saturated rings. The number of rotatable bonds is 8. The average molecular weight is 199 g/mol. The number of ether oxygens (including phenoxy) is 1. The zero-order chi connectivity index (χ0) is 10.9. The third-order valence-electron chi connectivity index (χ3n) is 2.11. The summed E-state index contributed by atoms with van der Waals surface area (Å²) in [7, 11) is 0. The van der Waals surface area contributed by atoms with Gasteiger partial charge in [0, 0.05) is 0 Å². The molecule has 0 saturated heterocycles. The van der Waals surface area contributed by atoms with E-state index in [0.29, 0.717) is 0 Å². The second-order valence-electron chi connectivity index (χ2n) is 4.95. The van der Waals surface area contributed by atoms with Crippen molar-refractivity contribution in [3.05, 3.63) is 6.61 Å². The highest BCUT2D eigenvalue weighted by Gasteiger charge is 2.08. The van der Waals surface area contributed by atoms with Crippen LogP contribution in [0.5, 0.6) is 0 Å². The third-order valence-corrected chi connectivity index (χ3v) is 2.11. The molecule has 0 heterocycles. The van der Waals surface area contributed by atoms with E-state index < -0.39 is 0 Å². The Morgan fingerprint density at radius 2 is 1.50 bits per heavy atom. The van der Waals surface area contributed by atoms with Gasteiger partial charge in [-0.25, -0.2) is 0 Å². The lowest BCUT2D eigenvalue weighted by Crippen LogP contribution is -2.17. The van der Waals surface area contributed by atoms with Crippen molar-refractivity contribution < 1.29 is 4.74 Å². The second-order valence-corrected chi connectivity index (χ2v) is 4.95. The fourth-order valence-electron chi connectivity index (χ4n) is 1.32. The van der Waals surface area contributed by atoms with Crippen molar-refractivity contribution in [1.29, 1.82) is 0 Å². The molecule has 0 aliphatic rings. The Morgan fingerprint density at radius 3 is 2.07 bits per heavy atom. The van der Waals surface area contributed by atoms with E-state index in [1.165, 1.54) is 38.5 Å². The minimum atomic E-state index is -0.0117. The molecule has 0 atom stereocenters. The first kappa shape index (κ1) is 14.0. The Hall–Kier alpha value is -0.0400. The second kappa shape index (κ2) is 8.28. The Morgan fingerprint density at radius 1 is 0.929 bits per heavy atom. The maximum absolute atomic E-state index is 5.53. The number of unbranched alkanes of at least 4 members (excludes halogenated alkanes) is 6. The summed E-state index contributed by atoms with van der Waals surface area (Å²) in [4.78, 5) is 0. The van der Waals surface area contributed by atoms with Gasteiger partial charge in [0.15, 0.2) is 0 Å². The molecule has 0 aromatic rings. The van der Waals surface area contributed by atoms with Gasteiger partial charge in [-0.05, 0) is 27.2 Å². The van der Waals surface area contributed by atoms with E-state index in [9.17, 15) is 0 Å². The van der Waals surface area contributed by atoms with Crippen LogP contribution in [0.1, 0.15) is 72.6 Å². The number of hydrogen-bond acceptors (Lipinski definition) is 1. The van der Waals surface area contributed by atoms with Crippen LogP contribution in [-0.4, -0.2) is 5.60 Å². The van der Waals surface area contributed by atoms with E-state index >= 15 is 0 Å². The summed E-state index contributed by atoms with van der Waals surface area (Å²) >= 11 is 0. The van der Waals surface area contributed by atoms with Crippen molar-refractivity contribution >= 4 is 0 Å². The Balaban J connectivity index is 2.99. The van der Waals surface area contributed by atoms with Crippen LogP contribution in [0, 0.1) is 6.61 Å².